The van der Waals surface area contributed by atoms with Crippen molar-refractivity contribution >= 4 is 6.29 Å². The molecule has 0 fully saturated rings. The van der Waals surface area contributed by atoms with Gasteiger partial charge >= 0.3 is 0 Å². The molecule has 0 unspecified atom stereocenters. The monoisotopic (exact) mass is 190 g/mol. The Hall–Kier alpha value is -1.70. The number of ether oxygens (including phenoxy) is 1. The highest BCUT2D eigenvalue weighted by molar-refractivity contribution is 5.78. The molecule has 0 aliphatic rings. The van der Waals surface area contributed by atoms with E-state index in [0.717, 1.165) is 0 Å². The third kappa shape index (κ3) is 1.64. The minimum atomic E-state index is -1.56. The Labute approximate surface area is 81.9 Å². The SMILES string of the molecule is CO[C@@](N)(C#N)c1ccccc1C=O. The van der Waals surface area contributed by atoms with Crippen LogP contribution in [-0.2, 0) is 10.5 Å². The van der Waals surface area contributed by atoms with Crippen LogP contribution in [0.5, 0.6) is 0 Å². The predicted molar refractivity (Wildman–Crippen MR) is 50.3 cm³/mol. The van der Waals surface area contributed by atoms with Gasteiger partial charge in [-0.15, -0.1) is 0 Å². The van der Waals surface area contributed by atoms with Gasteiger partial charge in [0.25, 0.3) is 0 Å². The molecule has 0 heterocycles. The van der Waals surface area contributed by atoms with Crippen LogP contribution < -0.4 is 5.73 Å². The summed E-state index contributed by atoms with van der Waals surface area (Å²) in [5, 5.41) is 8.84. The van der Waals surface area contributed by atoms with Gasteiger partial charge in [0.1, 0.15) is 6.07 Å². The van der Waals surface area contributed by atoms with Crippen LogP contribution in [0.4, 0.5) is 0 Å². The van der Waals surface area contributed by atoms with E-state index in [9.17, 15) is 4.79 Å². The number of aldehydes is 1. The Morgan fingerprint density at radius 1 is 1.57 bits per heavy atom. The van der Waals surface area contributed by atoms with Crippen molar-refractivity contribution in [2.24, 2.45) is 5.73 Å². The number of hydrogen-bond acceptors (Lipinski definition) is 4. The second-order valence-electron chi connectivity index (χ2n) is 2.76. The zero-order valence-electron chi connectivity index (χ0n) is 7.73. The van der Waals surface area contributed by atoms with Crippen LogP contribution in [0.25, 0.3) is 0 Å². The molecule has 72 valence electrons. The van der Waals surface area contributed by atoms with Gasteiger partial charge in [-0.1, -0.05) is 24.3 Å². The van der Waals surface area contributed by atoms with Gasteiger partial charge < -0.3 is 4.74 Å². The summed E-state index contributed by atoms with van der Waals surface area (Å²) in [6.45, 7) is 0. The summed E-state index contributed by atoms with van der Waals surface area (Å²) in [6.07, 6.45) is 0.646. The number of nitrogens with zero attached hydrogens (tertiary/aromatic N) is 1. The van der Waals surface area contributed by atoms with Crippen molar-refractivity contribution in [2.75, 3.05) is 7.11 Å². The topological polar surface area (TPSA) is 76.1 Å². The van der Waals surface area contributed by atoms with E-state index in [0.29, 0.717) is 17.4 Å². The molecule has 4 nitrogen and oxygen atoms in total. The van der Waals surface area contributed by atoms with E-state index in [1.165, 1.54) is 7.11 Å². The largest absolute Gasteiger partial charge is 0.347 e. The van der Waals surface area contributed by atoms with Crippen LogP contribution >= 0.6 is 0 Å². The molecule has 0 spiro atoms. The average molecular weight is 190 g/mol. The normalized spacial score (nSPS) is 14.1. The quantitative estimate of drug-likeness (QED) is 0.564. The van der Waals surface area contributed by atoms with Crippen LogP contribution in [0.3, 0.4) is 0 Å². The van der Waals surface area contributed by atoms with Crippen molar-refractivity contribution in [1.82, 2.24) is 0 Å². The molecule has 0 aromatic heterocycles. The first-order chi connectivity index (χ1) is 6.68. The maximum absolute atomic E-state index is 10.7. The highest BCUT2D eigenvalue weighted by Crippen LogP contribution is 2.20. The lowest BCUT2D eigenvalue weighted by atomic mass is 9.99. The fraction of sp³-hybridized carbons (Fsp3) is 0.200. The first-order valence-electron chi connectivity index (χ1n) is 3.98. The van der Waals surface area contributed by atoms with Crippen molar-refractivity contribution in [2.45, 2.75) is 5.72 Å². The predicted octanol–water partition coefficient (Wildman–Crippen LogP) is 0.781. The summed E-state index contributed by atoms with van der Waals surface area (Å²) < 4.78 is 4.87. The average Bonchev–Trinajstić information content (AvgIpc) is 2.28. The molecule has 14 heavy (non-hydrogen) atoms. The Morgan fingerprint density at radius 3 is 2.71 bits per heavy atom. The molecule has 1 atom stereocenters. The van der Waals surface area contributed by atoms with E-state index in [-0.39, 0.29) is 0 Å². The van der Waals surface area contributed by atoms with E-state index < -0.39 is 5.72 Å². The van der Waals surface area contributed by atoms with E-state index in [4.69, 9.17) is 15.7 Å². The molecule has 0 bridgehead atoms. The van der Waals surface area contributed by atoms with Gasteiger partial charge in [-0.2, -0.15) is 5.26 Å². The van der Waals surface area contributed by atoms with Gasteiger partial charge in [0, 0.05) is 18.2 Å². The maximum atomic E-state index is 10.7. The lowest BCUT2D eigenvalue weighted by Gasteiger charge is -2.21. The van der Waals surface area contributed by atoms with E-state index in [1.54, 1.807) is 24.3 Å². The minimum Gasteiger partial charge on any atom is -0.347 e. The summed E-state index contributed by atoms with van der Waals surface area (Å²) >= 11 is 0. The van der Waals surface area contributed by atoms with Crippen LogP contribution in [0.15, 0.2) is 24.3 Å². The first-order valence-corrected chi connectivity index (χ1v) is 3.98. The van der Waals surface area contributed by atoms with Crippen molar-refractivity contribution in [1.29, 1.82) is 5.26 Å². The molecule has 0 amide bonds. The van der Waals surface area contributed by atoms with Gasteiger partial charge in [-0.05, 0) is 0 Å². The maximum Gasteiger partial charge on any atom is 0.232 e. The Kier molecular flexibility index (Phi) is 2.97. The van der Waals surface area contributed by atoms with Crippen molar-refractivity contribution in [3.63, 3.8) is 0 Å². The third-order valence-electron chi connectivity index (χ3n) is 1.98. The van der Waals surface area contributed by atoms with Gasteiger partial charge in [0.15, 0.2) is 6.29 Å². The van der Waals surface area contributed by atoms with Crippen LogP contribution in [0, 0.1) is 11.3 Å². The molecular formula is C10H10N2O2. The smallest absolute Gasteiger partial charge is 0.232 e. The highest BCUT2D eigenvalue weighted by atomic mass is 16.5. The zero-order chi connectivity index (χ0) is 10.6. The van der Waals surface area contributed by atoms with Gasteiger partial charge in [-0.25, -0.2) is 0 Å². The molecular weight excluding hydrogens is 180 g/mol. The van der Waals surface area contributed by atoms with Gasteiger partial charge in [-0.3, -0.25) is 10.5 Å². The highest BCUT2D eigenvalue weighted by Gasteiger charge is 2.28. The van der Waals surface area contributed by atoms with Crippen LogP contribution in [-0.4, -0.2) is 13.4 Å². The van der Waals surface area contributed by atoms with E-state index in [1.807, 2.05) is 6.07 Å². The van der Waals surface area contributed by atoms with E-state index >= 15 is 0 Å². The standard InChI is InChI=1S/C10H10N2O2/c1-14-10(12,7-11)9-5-3-2-4-8(9)6-13/h2-6H,12H2,1H3/t10-/m0/s1. The lowest BCUT2D eigenvalue weighted by molar-refractivity contribution is 0.0413. The third-order valence-corrected chi connectivity index (χ3v) is 1.98. The van der Waals surface area contributed by atoms with Crippen molar-refractivity contribution in [3.8, 4) is 6.07 Å². The fourth-order valence-corrected chi connectivity index (χ4v) is 1.15. The molecule has 2 N–H and O–H groups in total. The summed E-state index contributed by atoms with van der Waals surface area (Å²) in [5.41, 5.74) is 4.83. The number of nitrogens with two attached hydrogens (primary N) is 1. The summed E-state index contributed by atoms with van der Waals surface area (Å²) in [7, 11) is 1.32. The fourth-order valence-electron chi connectivity index (χ4n) is 1.15. The number of rotatable bonds is 3. The van der Waals surface area contributed by atoms with Crippen LogP contribution in [0.1, 0.15) is 15.9 Å². The lowest BCUT2D eigenvalue weighted by Crippen LogP contribution is -2.37. The molecule has 0 saturated carbocycles. The number of carbonyl (C=O) groups excluding carboxylic acids is 1. The van der Waals surface area contributed by atoms with E-state index in [2.05, 4.69) is 0 Å². The van der Waals surface area contributed by atoms with Gasteiger partial charge in [0.2, 0.25) is 5.72 Å². The van der Waals surface area contributed by atoms with Gasteiger partial charge in [0.05, 0.1) is 0 Å². The minimum absolute atomic E-state index is 0.360. The molecule has 4 heteroatoms. The van der Waals surface area contributed by atoms with Crippen molar-refractivity contribution in [3.05, 3.63) is 35.4 Å². The first kappa shape index (κ1) is 10.4. The second-order valence-corrected chi connectivity index (χ2v) is 2.76. The molecule has 0 aliphatic carbocycles. The number of benzene rings is 1. The zero-order valence-corrected chi connectivity index (χ0v) is 7.73. The number of carbonyl (C=O) groups is 1. The second kappa shape index (κ2) is 4.01. The molecule has 1 aromatic rings. The molecule has 0 saturated heterocycles. The number of hydrogen-bond donors (Lipinski definition) is 1. The molecule has 1 rings (SSSR count). The molecule has 0 aliphatic heterocycles. The Morgan fingerprint density at radius 2 is 2.21 bits per heavy atom. The van der Waals surface area contributed by atoms with Crippen LogP contribution in [0.2, 0.25) is 0 Å². The number of methoxy groups -OCH3 is 1. The Bertz CT molecular complexity index is 384. The van der Waals surface area contributed by atoms with Crippen molar-refractivity contribution < 1.29 is 9.53 Å². The summed E-state index contributed by atoms with van der Waals surface area (Å²) in [6, 6.07) is 8.38. The summed E-state index contributed by atoms with van der Waals surface area (Å²) in [5.74, 6) is 0. The summed E-state index contributed by atoms with van der Waals surface area (Å²) in [4.78, 5) is 10.7. The molecule has 1 aromatic carbocycles. The molecule has 0 radical (unpaired) electrons. The number of nitriles is 1. The Balaban J connectivity index is 3.31.